The first-order chi connectivity index (χ1) is 18.2. The normalized spacial score (nSPS) is 16.2. The molecule has 3 N–H and O–H groups in total. The fraction of sp³-hybridized carbons (Fsp3) is 0.346. The molecule has 1 saturated heterocycles. The second-order valence-electron chi connectivity index (χ2n) is 9.38. The number of para-hydroxylation sites is 1. The number of halogens is 2. The molecule has 12 heteroatoms. The monoisotopic (exact) mass is 577 g/mol. The molecule has 4 rings (SSSR count). The molecule has 1 aliphatic heterocycles. The molecule has 9 nitrogen and oxygen atoms in total. The summed E-state index contributed by atoms with van der Waals surface area (Å²) in [5.41, 5.74) is 0.874. The molecule has 1 aromatic heterocycles. The first-order valence-electron chi connectivity index (χ1n) is 12.3. The lowest BCUT2D eigenvalue weighted by Crippen LogP contribution is -2.46. The predicted molar refractivity (Wildman–Crippen MR) is 148 cm³/mol. The second-order valence-corrected chi connectivity index (χ2v) is 12.2. The van der Waals surface area contributed by atoms with Gasteiger partial charge < -0.3 is 9.84 Å². The average Bonchev–Trinajstić information content (AvgIpc) is 3.32. The molecule has 0 aliphatic carbocycles. The van der Waals surface area contributed by atoms with Crippen LogP contribution >= 0.6 is 30.9 Å². The molecular weight excluding hydrogens is 548 g/mol. The quantitative estimate of drug-likeness (QED) is 0.214. The molecule has 1 fully saturated rings. The van der Waals surface area contributed by atoms with Crippen LogP contribution in [0.4, 0.5) is 0 Å². The zero-order valence-corrected chi connectivity index (χ0v) is 23.5. The molecule has 0 radical (unpaired) electrons. The van der Waals surface area contributed by atoms with Crippen LogP contribution in [0.25, 0.3) is 0 Å². The van der Waals surface area contributed by atoms with Crippen molar-refractivity contribution in [2.75, 3.05) is 13.1 Å². The Morgan fingerprint density at radius 3 is 2.39 bits per heavy atom. The zero-order valence-electron chi connectivity index (χ0n) is 21.1. The van der Waals surface area contributed by atoms with Crippen LogP contribution < -0.4 is 14.9 Å². The van der Waals surface area contributed by atoms with Gasteiger partial charge in [-0.05, 0) is 51.0 Å². The van der Waals surface area contributed by atoms with E-state index in [2.05, 4.69) is 20.6 Å². The van der Waals surface area contributed by atoms with Crippen LogP contribution in [-0.2, 0) is 11.0 Å². The number of benzene rings is 2. The van der Waals surface area contributed by atoms with Gasteiger partial charge in [-0.25, -0.2) is 14.3 Å². The summed E-state index contributed by atoms with van der Waals surface area (Å²) in [7, 11) is -3.35. The first kappa shape index (κ1) is 28.3. The smallest absolute Gasteiger partial charge is 0.393 e. The van der Waals surface area contributed by atoms with E-state index in [0.717, 1.165) is 0 Å². The third kappa shape index (κ3) is 6.84. The van der Waals surface area contributed by atoms with E-state index in [1.807, 2.05) is 36.7 Å². The molecule has 2 aromatic carbocycles. The fourth-order valence-corrected chi connectivity index (χ4v) is 7.07. The maximum Gasteiger partial charge on any atom is 0.393 e. The Hall–Kier alpha value is -2.68. The number of ketones is 1. The lowest BCUT2D eigenvalue weighted by Gasteiger charge is -2.37. The van der Waals surface area contributed by atoms with Gasteiger partial charge in [-0.15, -0.1) is 0 Å². The zero-order chi connectivity index (χ0) is 27.3. The summed E-state index contributed by atoms with van der Waals surface area (Å²) in [6, 6.07) is 13.7. The van der Waals surface area contributed by atoms with E-state index in [4.69, 9.17) is 27.7 Å². The van der Waals surface area contributed by atoms with Crippen LogP contribution in [0.5, 0.6) is 5.75 Å². The molecule has 0 spiro atoms. The van der Waals surface area contributed by atoms with E-state index in [1.54, 1.807) is 30.3 Å². The summed E-state index contributed by atoms with van der Waals surface area (Å²) < 4.78 is 21.6. The highest BCUT2D eigenvalue weighted by Gasteiger charge is 2.37. The molecule has 202 valence electrons. The van der Waals surface area contributed by atoms with E-state index in [0.29, 0.717) is 37.2 Å². The summed E-state index contributed by atoms with van der Waals surface area (Å²) >= 11 is 12.3. The first-order valence-corrected chi connectivity index (χ1v) is 14.7. The highest BCUT2D eigenvalue weighted by Crippen LogP contribution is 2.48. The summed E-state index contributed by atoms with van der Waals surface area (Å²) in [6.45, 7) is 4.77. The van der Waals surface area contributed by atoms with Gasteiger partial charge in [0.15, 0.2) is 5.78 Å². The fourth-order valence-electron chi connectivity index (χ4n) is 4.31. The number of aromatic amines is 1. The molecule has 1 unspecified atom stereocenters. The van der Waals surface area contributed by atoms with Gasteiger partial charge in [-0.1, -0.05) is 47.5 Å². The molecule has 0 saturated carbocycles. The van der Waals surface area contributed by atoms with Gasteiger partial charge in [-0.2, -0.15) is 5.10 Å². The number of amides is 1. The average molecular weight is 578 g/mol. The lowest BCUT2D eigenvalue weighted by molar-refractivity contribution is 0.0916. The minimum Gasteiger partial charge on any atom is -0.422 e. The maximum absolute atomic E-state index is 13.8. The number of piperidine rings is 1. The maximum atomic E-state index is 13.8. The van der Waals surface area contributed by atoms with Crippen LogP contribution in [0.3, 0.4) is 0 Å². The third-order valence-corrected chi connectivity index (χ3v) is 9.19. The van der Waals surface area contributed by atoms with Gasteiger partial charge >= 0.3 is 7.67 Å². The van der Waals surface area contributed by atoms with Crippen molar-refractivity contribution in [3.8, 4) is 5.75 Å². The molecule has 0 bridgehead atoms. The number of carbonyl (C=O) groups excluding carboxylic acids is 2. The summed E-state index contributed by atoms with van der Waals surface area (Å²) in [6.07, 6.45) is 2.52. The number of Topliss-reactive ketones (excluding diaryl/α,β-unsaturated/α-hetero) is 1. The third-order valence-electron chi connectivity index (χ3n) is 6.11. The van der Waals surface area contributed by atoms with Gasteiger partial charge in [0.05, 0.1) is 21.8 Å². The van der Waals surface area contributed by atoms with Crippen molar-refractivity contribution in [1.29, 1.82) is 0 Å². The van der Waals surface area contributed by atoms with Gasteiger partial charge in [0.2, 0.25) is 0 Å². The van der Waals surface area contributed by atoms with E-state index >= 15 is 0 Å². The number of rotatable bonds is 10. The summed E-state index contributed by atoms with van der Waals surface area (Å²) in [5.74, 6) is -0.145. The Labute approximate surface area is 231 Å². The van der Waals surface area contributed by atoms with Crippen molar-refractivity contribution in [1.82, 2.24) is 25.3 Å². The van der Waals surface area contributed by atoms with Gasteiger partial charge in [0, 0.05) is 37.2 Å². The van der Waals surface area contributed by atoms with Crippen LogP contribution in [0.2, 0.25) is 10.0 Å². The molecule has 1 aliphatic rings. The van der Waals surface area contributed by atoms with Crippen molar-refractivity contribution in [3.05, 3.63) is 81.6 Å². The SMILES string of the molecule is CC(C)NP(=O)(Oc1ccccc1)N1CCC(NC(=O)c2[nH]ncc2CC(=O)c2c(Cl)cccc2Cl)CC1. The topological polar surface area (TPSA) is 116 Å². The highest BCUT2D eigenvalue weighted by atomic mass is 35.5. The Morgan fingerprint density at radius 2 is 1.76 bits per heavy atom. The van der Waals surface area contributed by atoms with Crippen LogP contribution in [0.15, 0.2) is 54.7 Å². The van der Waals surface area contributed by atoms with E-state index in [1.165, 1.54) is 6.20 Å². The van der Waals surface area contributed by atoms with E-state index < -0.39 is 7.67 Å². The minimum atomic E-state index is -3.35. The predicted octanol–water partition coefficient (Wildman–Crippen LogP) is 5.52. The highest BCUT2D eigenvalue weighted by molar-refractivity contribution is 7.54. The van der Waals surface area contributed by atoms with Crippen molar-refractivity contribution in [2.45, 2.75) is 45.2 Å². The molecule has 1 amide bonds. The van der Waals surface area contributed by atoms with E-state index in [9.17, 15) is 14.2 Å². The Bertz CT molecular complexity index is 1310. The van der Waals surface area contributed by atoms with Crippen molar-refractivity contribution in [2.24, 2.45) is 0 Å². The molecule has 3 aromatic rings. The standard InChI is InChI=1S/C26H30Cl2N5O4P/c1-17(2)32-38(36,37-20-7-4-3-5-8-20)33-13-11-19(12-14-33)30-26(35)25-18(16-29-31-25)15-23(34)24-21(27)9-6-10-22(24)28/h3-10,16-17,19H,11-15H2,1-2H3,(H,29,31)(H,30,35)(H,32,36). The Kier molecular flexibility index (Phi) is 9.28. The number of carbonyl (C=O) groups is 2. The minimum absolute atomic E-state index is 0.0517. The van der Waals surface area contributed by atoms with Crippen molar-refractivity contribution >= 4 is 42.6 Å². The molecule has 2 heterocycles. The van der Waals surface area contributed by atoms with Crippen LogP contribution in [-0.4, -0.2) is 51.7 Å². The Balaban J connectivity index is 1.38. The number of hydrogen-bond donors (Lipinski definition) is 3. The van der Waals surface area contributed by atoms with Crippen molar-refractivity contribution < 1.29 is 18.7 Å². The second kappa shape index (κ2) is 12.5. The number of hydrogen-bond acceptors (Lipinski definition) is 5. The number of aromatic nitrogens is 2. The van der Waals surface area contributed by atoms with Crippen LogP contribution in [0, 0.1) is 0 Å². The number of H-pyrrole nitrogens is 1. The van der Waals surface area contributed by atoms with Crippen LogP contribution in [0.1, 0.15) is 53.1 Å². The summed E-state index contributed by atoms with van der Waals surface area (Å²) in [4.78, 5) is 25.9. The summed E-state index contributed by atoms with van der Waals surface area (Å²) in [5, 5.41) is 13.3. The lowest BCUT2D eigenvalue weighted by atomic mass is 10.0. The Morgan fingerprint density at radius 1 is 1.11 bits per heavy atom. The number of nitrogens with one attached hydrogen (secondary N) is 3. The number of nitrogens with zero attached hydrogens (tertiary/aromatic N) is 2. The van der Waals surface area contributed by atoms with E-state index in [-0.39, 0.29) is 51.5 Å². The molecule has 1 atom stereocenters. The molecule has 38 heavy (non-hydrogen) atoms. The van der Waals surface area contributed by atoms with Gasteiger partial charge in [0.25, 0.3) is 5.91 Å². The van der Waals surface area contributed by atoms with Gasteiger partial charge in [-0.3, -0.25) is 14.7 Å². The van der Waals surface area contributed by atoms with Gasteiger partial charge in [0.1, 0.15) is 11.4 Å². The largest absolute Gasteiger partial charge is 0.422 e. The van der Waals surface area contributed by atoms with Crippen molar-refractivity contribution in [3.63, 3.8) is 0 Å². The molecular formula is C26H30Cl2N5O4P.